The number of amides is 4. The molecule has 2 N–H and O–H groups in total. The van der Waals surface area contributed by atoms with Gasteiger partial charge < -0.3 is 15.0 Å². The molecule has 3 rings (SSSR count). The van der Waals surface area contributed by atoms with Crippen molar-refractivity contribution in [1.29, 1.82) is 0 Å². The number of rotatable bonds is 5. The summed E-state index contributed by atoms with van der Waals surface area (Å²) in [5.74, 6) is -1.99. The van der Waals surface area contributed by atoms with E-state index in [-0.39, 0.29) is 18.4 Å². The van der Waals surface area contributed by atoms with E-state index in [9.17, 15) is 19.2 Å². The van der Waals surface area contributed by atoms with Crippen LogP contribution in [0.1, 0.15) is 43.8 Å². The lowest BCUT2D eigenvalue weighted by molar-refractivity contribution is -0.159. The van der Waals surface area contributed by atoms with Gasteiger partial charge in [0.15, 0.2) is 0 Å². The van der Waals surface area contributed by atoms with Gasteiger partial charge >= 0.3 is 12.0 Å². The van der Waals surface area contributed by atoms with E-state index >= 15 is 0 Å². The third-order valence-corrected chi connectivity index (χ3v) is 5.30. The Morgan fingerprint density at radius 1 is 1.14 bits per heavy atom. The van der Waals surface area contributed by atoms with E-state index < -0.39 is 29.9 Å². The number of imide groups is 1. The first-order valence-electron chi connectivity index (χ1n) is 9.57. The average molecular weight is 387 g/mol. The summed E-state index contributed by atoms with van der Waals surface area (Å²) in [6.45, 7) is 0.320. The topological polar surface area (TPSA) is 105 Å². The number of esters is 1. The summed E-state index contributed by atoms with van der Waals surface area (Å²) >= 11 is 0. The van der Waals surface area contributed by atoms with E-state index in [0.717, 1.165) is 25.7 Å². The van der Waals surface area contributed by atoms with E-state index in [2.05, 4.69) is 10.6 Å². The Morgan fingerprint density at radius 3 is 2.46 bits per heavy atom. The number of carbonyl (C=O) groups is 4. The van der Waals surface area contributed by atoms with Crippen molar-refractivity contribution in [2.45, 2.75) is 44.2 Å². The number of hydrogen-bond acceptors (Lipinski definition) is 5. The van der Waals surface area contributed by atoms with Gasteiger partial charge in [0.25, 0.3) is 5.91 Å². The Labute approximate surface area is 163 Å². The molecule has 0 unspecified atom stereocenters. The Morgan fingerprint density at radius 2 is 1.82 bits per heavy atom. The van der Waals surface area contributed by atoms with Gasteiger partial charge in [0, 0.05) is 31.6 Å². The zero-order valence-corrected chi connectivity index (χ0v) is 15.8. The molecule has 150 valence electrons. The molecule has 0 bridgehead atoms. The van der Waals surface area contributed by atoms with Crippen LogP contribution in [0.25, 0.3) is 0 Å². The Kier molecular flexibility index (Phi) is 6.28. The number of urea groups is 1. The summed E-state index contributed by atoms with van der Waals surface area (Å²) in [6, 6.07) is 8.00. The van der Waals surface area contributed by atoms with Crippen molar-refractivity contribution >= 4 is 23.8 Å². The second-order valence-electron chi connectivity index (χ2n) is 7.18. The molecule has 1 saturated carbocycles. The van der Waals surface area contributed by atoms with E-state index in [0.29, 0.717) is 12.1 Å². The van der Waals surface area contributed by atoms with Crippen molar-refractivity contribution in [2.24, 2.45) is 5.92 Å². The summed E-state index contributed by atoms with van der Waals surface area (Å²) in [5.41, 5.74) is 0.453. The minimum absolute atomic E-state index is 0.0417. The smallest absolute Gasteiger partial charge is 0.321 e. The maximum atomic E-state index is 12.7. The maximum absolute atomic E-state index is 12.7. The summed E-state index contributed by atoms with van der Waals surface area (Å²) in [6.07, 6.45) is 2.96. The minimum Gasteiger partial charge on any atom is -0.447 e. The Balaban J connectivity index is 1.69. The molecular formula is C20H25N3O5. The number of hydrogen-bond donors (Lipinski definition) is 2. The van der Waals surface area contributed by atoms with Crippen molar-refractivity contribution in [3.8, 4) is 0 Å². The highest BCUT2D eigenvalue weighted by Crippen LogP contribution is 2.31. The Bertz CT molecular complexity index is 745. The van der Waals surface area contributed by atoms with Crippen LogP contribution >= 0.6 is 0 Å². The van der Waals surface area contributed by atoms with Crippen molar-refractivity contribution in [3.63, 3.8) is 0 Å². The lowest BCUT2D eigenvalue weighted by Crippen LogP contribution is -2.41. The van der Waals surface area contributed by atoms with Gasteiger partial charge in [0.1, 0.15) is 0 Å². The zero-order chi connectivity index (χ0) is 20.1. The molecule has 2 fully saturated rings. The van der Waals surface area contributed by atoms with Crippen molar-refractivity contribution < 1.29 is 23.9 Å². The molecule has 8 nitrogen and oxygen atoms in total. The van der Waals surface area contributed by atoms with Crippen LogP contribution in [0.4, 0.5) is 4.79 Å². The molecular weight excluding hydrogens is 362 g/mol. The molecule has 28 heavy (non-hydrogen) atoms. The molecule has 8 heteroatoms. The molecule has 4 amide bonds. The summed E-state index contributed by atoms with van der Waals surface area (Å²) < 4.78 is 5.48. The normalized spacial score (nSPS) is 20.7. The molecule has 1 heterocycles. The lowest BCUT2D eigenvalue weighted by atomic mass is 10.1. The predicted octanol–water partition coefficient (Wildman–Crippen LogP) is 1.52. The molecule has 1 aliphatic carbocycles. The summed E-state index contributed by atoms with van der Waals surface area (Å²) in [4.78, 5) is 50.8. The van der Waals surface area contributed by atoms with E-state index in [4.69, 9.17) is 4.74 Å². The highest BCUT2D eigenvalue weighted by Gasteiger charge is 2.41. The van der Waals surface area contributed by atoms with E-state index in [1.165, 1.54) is 7.05 Å². The van der Waals surface area contributed by atoms with Gasteiger partial charge in [-0.25, -0.2) is 4.79 Å². The molecule has 1 aromatic rings. The first-order chi connectivity index (χ1) is 13.5. The summed E-state index contributed by atoms with van der Waals surface area (Å²) in [5, 5.41) is 4.43. The van der Waals surface area contributed by atoms with Gasteiger partial charge in [0.2, 0.25) is 12.0 Å². The molecule has 2 aliphatic rings. The quantitative estimate of drug-likeness (QED) is 0.746. The van der Waals surface area contributed by atoms with E-state index in [1.807, 2.05) is 0 Å². The van der Waals surface area contributed by atoms with Crippen LogP contribution in [0, 0.1) is 5.92 Å². The third-order valence-electron chi connectivity index (χ3n) is 5.30. The molecule has 0 aromatic heterocycles. The highest BCUT2D eigenvalue weighted by atomic mass is 16.5. The second-order valence-corrected chi connectivity index (χ2v) is 7.18. The number of carbonyl (C=O) groups excluding carboxylic acids is 4. The fraction of sp³-hybridized carbons (Fsp3) is 0.500. The molecule has 2 atom stereocenters. The van der Waals surface area contributed by atoms with Crippen LogP contribution in [-0.4, -0.2) is 48.3 Å². The van der Waals surface area contributed by atoms with Crippen molar-refractivity contribution in [2.75, 3.05) is 13.6 Å². The zero-order valence-electron chi connectivity index (χ0n) is 15.8. The van der Waals surface area contributed by atoms with Gasteiger partial charge in [-0.2, -0.15) is 0 Å². The van der Waals surface area contributed by atoms with Crippen LogP contribution in [-0.2, 0) is 19.1 Å². The van der Waals surface area contributed by atoms with Gasteiger partial charge in [-0.1, -0.05) is 43.2 Å². The van der Waals surface area contributed by atoms with Crippen LogP contribution in [0.2, 0.25) is 0 Å². The monoisotopic (exact) mass is 387 g/mol. The molecule has 1 aliphatic heterocycles. The van der Waals surface area contributed by atoms with Crippen LogP contribution in [0.15, 0.2) is 30.3 Å². The standard InChI is InChI=1S/C20H25N3O5/c1-21-20(27)22-18(25)17(13-7-3-2-4-8-13)28-19(26)14-11-16(24)23(12-14)15-9-5-6-10-15/h2-4,7-8,14-15,17H,5-6,9-12H2,1H3,(H2,21,22,25,27)/t14-,17-/m1/s1. The van der Waals surface area contributed by atoms with Crippen LogP contribution in [0.3, 0.4) is 0 Å². The number of nitrogens with one attached hydrogen (secondary N) is 2. The molecule has 0 radical (unpaired) electrons. The fourth-order valence-corrected chi connectivity index (χ4v) is 3.81. The fourth-order valence-electron chi connectivity index (χ4n) is 3.81. The van der Waals surface area contributed by atoms with Gasteiger partial charge in [-0.05, 0) is 12.8 Å². The SMILES string of the molecule is CNC(=O)NC(=O)[C@H](OC(=O)[C@@H]1CC(=O)N(C2CCCC2)C1)c1ccccc1. The average Bonchev–Trinajstić information content (AvgIpc) is 3.35. The van der Waals surface area contributed by atoms with Crippen LogP contribution in [0.5, 0.6) is 0 Å². The third kappa shape index (κ3) is 4.49. The van der Waals surface area contributed by atoms with Crippen molar-refractivity contribution in [1.82, 2.24) is 15.5 Å². The van der Waals surface area contributed by atoms with E-state index in [1.54, 1.807) is 35.2 Å². The van der Waals surface area contributed by atoms with Crippen molar-refractivity contribution in [3.05, 3.63) is 35.9 Å². The van der Waals surface area contributed by atoms with Gasteiger partial charge in [-0.15, -0.1) is 0 Å². The largest absolute Gasteiger partial charge is 0.447 e. The number of ether oxygens (including phenoxy) is 1. The van der Waals surface area contributed by atoms with Gasteiger partial charge in [-0.3, -0.25) is 19.7 Å². The predicted molar refractivity (Wildman–Crippen MR) is 99.9 cm³/mol. The first kappa shape index (κ1) is 19.9. The van der Waals surface area contributed by atoms with Gasteiger partial charge in [0.05, 0.1) is 5.92 Å². The maximum Gasteiger partial charge on any atom is 0.321 e. The lowest BCUT2D eigenvalue weighted by Gasteiger charge is -2.24. The summed E-state index contributed by atoms with van der Waals surface area (Å²) in [7, 11) is 1.38. The number of nitrogens with zero attached hydrogens (tertiary/aromatic N) is 1. The molecule has 1 aromatic carbocycles. The molecule has 0 spiro atoms. The molecule has 1 saturated heterocycles. The number of likely N-dealkylation sites (tertiary alicyclic amines) is 1. The number of benzene rings is 1. The van der Waals surface area contributed by atoms with Crippen LogP contribution < -0.4 is 10.6 Å². The highest BCUT2D eigenvalue weighted by molar-refractivity contribution is 5.98. The second kappa shape index (κ2) is 8.86. The first-order valence-corrected chi connectivity index (χ1v) is 9.57. The minimum atomic E-state index is -1.26. The Hall–Kier alpha value is -2.90.